The lowest BCUT2D eigenvalue weighted by molar-refractivity contribution is -0.147. The molecule has 0 saturated heterocycles. The zero-order chi connectivity index (χ0) is 15.0. The number of carboxylic acids is 1. The van der Waals surface area contributed by atoms with Crippen LogP contribution in [0, 0.1) is 0 Å². The third kappa shape index (κ3) is 2.11. The molecule has 1 aliphatic carbocycles. The largest absolute Gasteiger partial charge is 0.479 e. The van der Waals surface area contributed by atoms with Crippen molar-refractivity contribution in [3.05, 3.63) is 41.2 Å². The summed E-state index contributed by atoms with van der Waals surface area (Å²) >= 11 is 0. The molecule has 0 amide bonds. The van der Waals surface area contributed by atoms with Crippen molar-refractivity contribution in [3.8, 4) is 0 Å². The van der Waals surface area contributed by atoms with Crippen LogP contribution in [-0.2, 0) is 23.2 Å². The van der Waals surface area contributed by atoms with Crippen LogP contribution in [0.3, 0.4) is 0 Å². The van der Waals surface area contributed by atoms with Crippen molar-refractivity contribution in [3.63, 3.8) is 0 Å². The second-order valence-corrected chi connectivity index (χ2v) is 5.76. The van der Waals surface area contributed by atoms with Gasteiger partial charge in [-0.05, 0) is 47.7 Å². The molecule has 21 heavy (non-hydrogen) atoms. The zero-order valence-corrected chi connectivity index (χ0v) is 12.2. The van der Waals surface area contributed by atoms with Crippen molar-refractivity contribution in [1.29, 1.82) is 0 Å². The maximum atomic E-state index is 11.6. The van der Waals surface area contributed by atoms with E-state index in [2.05, 4.69) is 27.7 Å². The molecule has 6 heteroatoms. The molecular weight excluding hydrogens is 268 g/mol. The summed E-state index contributed by atoms with van der Waals surface area (Å²) in [5, 5.41) is 21.3. The van der Waals surface area contributed by atoms with Crippen LogP contribution in [0.5, 0.6) is 0 Å². The first kappa shape index (κ1) is 13.7. The summed E-state index contributed by atoms with van der Waals surface area (Å²) in [5.41, 5.74) is 1.49. The summed E-state index contributed by atoms with van der Waals surface area (Å²) in [6.45, 7) is 3.50. The van der Waals surface area contributed by atoms with Gasteiger partial charge in [0.05, 0.1) is 0 Å². The summed E-state index contributed by atoms with van der Waals surface area (Å²) in [4.78, 5) is 11.6. The summed E-state index contributed by atoms with van der Waals surface area (Å²) in [5.74, 6) is -0.102. The number of benzene rings is 1. The Hall–Kier alpha value is -2.24. The molecule has 3 rings (SSSR count). The highest BCUT2D eigenvalue weighted by atomic mass is 16.4. The minimum atomic E-state index is -1.10. The highest BCUT2D eigenvalue weighted by molar-refractivity contribution is 5.76. The van der Waals surface area contributed by atoms with Gasteiger partial charge in [-0.2, -0.15) is 0 Å². The van der Waals surface area contributed by atoms with Gasteiger partial charge >= 0.3 is 5.97 Å². The van der Waals surface area contributed by atoms with Gasteiger partial charge < -0.3 is 5.11 Å². The fourth-order valence-electron chi connectivity index (χ4n) is 2.93. The van der Waals surface area contributed by atoms with Gasteiger partial charge in [0.2, 0.25) is 0 Å². The van der Waals surface area contributed by atoms with Crippen molar-refractivity contribution in [2.24, 2.45) is 0 Å². The summed E-state index contributed by atoms with van der Waals surface area (Å²) in [6, 6.07) is 8.27. The molecule has 0 bridgehead atoms. The van der Waals surface area contributed by atoms with E-state index < -0.39 is 11.5 Å². The van der Waals surface area contributed by atoms with E-state index >= 15 is 0 Å². The Labute approximate surface area is 122 Å². The Morgan fingerprint density at radius 1 is 1.38 bits per heavy atom. The predicted octanol–water partition coefficient (Wildman–Crippen LogP) is 1.77. The second-order valence-electron chi connectivity index (χ2n) is 5.76. The number of tetrazole rings is 1. The lowest BCUT2D eigenvalue weighted by Gasteiger charge is -2.25. The first-order valence-electron chi connectivity index (χ1n) is 7.15. The molecule has 6 nitrogen and oxygen atoms in total. The fraction of sp³-hybridized carbons (Fsp3) is 0.467. The standard InChI is InChI=1S/C15H18N4O2/c1-3-15(2,14(20)21)19-13(16-17-18-19)12-8-10-6-4-5-7-11(10)9-12/h4-7,12H,3,8-9H2,1-2H3,(H,20,21). The van der Waals surface area contributed by atoms with Gasteiger partial charge in [0.15, 0.2) is 11.4 Å². The second kappa shape index (κ2) is 4.95. The van der Waals surface area contributed by atoms with Crippen molar-refractivity contribution >= 4 is 5.97 Å². The quantitative estimate of drug-likeness (QED) is 0.926. The van der Waals surface area contributed by atoms with E-state index in [1.807, 2.05) is 19.1 Å². The molecule has 110 valence electrons. The summed E-state index contributed by atoms with van der Waals surface area (Å²) < 4.78 is 1.49. The SMILES string of the molecule is CCC(C)(C(=O)O)n1nnnc1C1Cc2ccccc2C1. The van der Waals surface area contributed by atoms with Gasteiger partial charge in [-0.15, -0.1) is 5.10 Å². The molecule has 0 saturated carbocycles. The normalized spacial score (nSPS) is 17.4. The maximum absolute atomic E-state index is 11.6. The molecule has 1 unspecified atom stereocenters. The van der Waals surface area contributed by atoms with E-state index in [4.69, 9.17) is 0 Å². The number of aromatic nitrogens is 4. The molecule has 0 spiro atoms. The smallest absolute Gasteiger partial charge is 0.331 e. The Bertz CT molecular complexity index is 657. The maximum Gasteiger partial charge on any atom is 0.331 e. The molecular formula is C15H18N4O2. The number of rotatable bonds is 4. The number of fused-ring (bicyclic) bond motifs is 1. The number of hydrogen-bond acceptors (Lipinski definition) is 4. The Kier molecular flexibility index (Phi) is 3.23. The molecule has 1 atom stereocenters. The Morgan fingerprint density at radius 2 is 2.00 bits per heavy atom. The number of aliphatic carboxylic acids is 1. The van der Waals surface area contributed by atoms with E-state index in [0.717, 1.165) is 12.8 Å². The molecule has 2 aromatic rings. The van der Waals surface area contributed by atoms with Gasteiger partial charge in [0, 0.05) is 5.92 Å². The molecule has 0 fully saturated rings. The van der Waals surface area contributed by atoms with E-state index in [1.165, 1.54) is 15.8 Å². The van der Waals surface area contributed by atoms with Crippen LogP contribution in [-0.4, -0.2) is 31.3 Å². The predicted molar refractivity (Wildman–Crippen MR) is 76.0 cm³/mol. The van der Waals surface area contributed by atoms with E-state index in [-0.39, 0.29) is 5.92 Å². The van der Waals surface area contributed by atoms with Gasteiger partial charge in [-0.1, -0.05) is 31.2 Å². The van der Waals surface area contributed by atoms with Crippen molar-refractivity contribution in [2.45, 2.75) is 44.6 Å². The van der Waals surface area contributed by atoms with Crippen LogP contribution >= 0.6 is 0 Å². The van der Waals surface area contributed by atoms with Crippen LogP contribution in [0.1, 0.15) is 43.1 Å². The molecule has 1 N–H and O–H groups in total. The number of hydrogen-bond donors (Lipinski definition) is 1. The van der Waals surface area contributed by atoms with Gasteiger partial charge in [0.25, 0.3) is 0 Å². The molecule has 1 heterocycles. The van der Waals surface area contributed by atoms with Gasteiger partial charge in [0.1, 0.15) is 0 Å². The van der Waals surface area contributed by atoms with Crippen molar-refractivity contribution in [1.82, 2.24) is 20.2 Å². The molecule has 1 aromatic heterocycles. The lowest BCUT2D eigenvalue weighted by atomic mass is 9.97. The van der Waals surface area contributed by atoms with E-state index in [9.17, 15) is 9.90 Å². The first-order chi connectivity index (χ1) is 10.1. The number of nitrogens with zero attached hydrogens (tertiary/aromatic N) is 4. The van der Waals surface area contributed by atoms with E-state index in [1.54, 1.807) is 6.92 Å². The average molecular weight is 286 g/mol. The monoisotopic (exact) mass is 286 g/mol. The van der Waals surface area contributed by atoms with Crippen LogP contribution in [0.4, 0.5) is 0 Å². The zero-order valence-electron chi connectivity index (χ0n) is 12.2. The molecule has 1 aliphatic rings. The minimum Gasteiger partial charge on any atom is -0.479 e. The third-order valence-corrected chi connectivity index (χ3v) is 4.53. The Balaban J connectivity index is 1.97. The van der Waals surface area contributed by atoms with Gasteiger partial charge in [-0.3, -0.25) is 0 Å². The highest BCUT2D eigenvalue weighted by Crippen LogP contribution is 2.34. The minimum absolute atomic E-state index is 0.141. The van der Waals surface area contributed by atoms with E-state index in [0.29, 0.717) is 12.2 Å². The van der Waals surface area contributed by atoms with Crippen molar-refractivity contribution in [2.75, 3.05) is 0 Å². The first-order valence-corrected chi connectivity index (χ1v) is 7.15. The van der Waals surface area contributed by atoms with Gasteiger partial charge in [-0.25, -0.2) is 9.48 Å². The summed E-state index contributed by atoms with van der Waals surface area (Å²) in [6.07, 6.45) is 2.14. The Morgan fingerprint density at radius 3 is 2.52 bits per heavy atom. The fourth-order valence-corrected chi connectivity index (χ4v) is 2.93. The van der Waals surface area contributed by atoms with Crippen LogP contribution in [0.25, 0.3) is 0 Å². The molecule has 1 aromatic carbocycles. The van der Waals surface area contributed by atoms with Crippen molar-refractivity contribution < 1.29 is 9.90 Å². The van der Waals surface area contributed by atoms with Crippen LogP contribution in [0.2, 0.25) is 0 Å². The molecule has 0 radical (unpaired) electrons. The summed E-state index contributed by atoms with van der Waals surface area (Å²) in [7, 11) is 0. The lowest BCUT2D eigenvalue weighted by Crippen LogP contribution is -2.40. The molecule has 0 aliphatic heterocycles. The highest BCUT2D eigenvalue weighted by Gasteiger charge is 2.39. The third-order valence-electron chi connectivity index (χ3n) is 4.53. The van der Waals surface area contributed by atoms with Crippen LogP contribution < -0.4 is 0 Å². The van der Waals surface area contributed by atoms with Crippen LogP contribution in [0.15, 0.2) is 24.3 Å². The average Bonchev–Trinajstić information content (AvgIpc) is 3.12. The number of carbonyl (C=O) groups is 1. The topological polar surface area (TPSA) is 80.9 Å². The number of carboxylic acid groups (broad SMARTS) is 1.